The van der Waals surface area contributed by atoms with E-state index in [2.05, 4.69) is 5.32 Å². The maximum absolute atomic E-state index is 13.2. The van der Waals surface area contributed by atoms with Crippen molar-refractivity contribution in [1.82, 2.24) is 5.32 Å². The van der Waals surface area contributed by atoms with E-state index in [1.165, 1.54) is 11.6 Å². The normalized spacial score (nSPS) is 21.6. The summed E-state index contributed by atoms with van der Waals surface area (Å²) in [5.41, 5.74) is 2.29. The second kappa shape index (κ2) is 4.93. The van der Waals surface area contributed by atoms with Crippen molar-refractivity contribution < 1.29 is 9.50 Å². The van der Waals surface area contributed by atoms with Crippen LogP contribution in [0.5, 0.6) is 0 Å². The molecule has 1 aromatic carbocycles. The third kappa shape index (κ3) is 2.60. The zero-order valence-corrected chi connectivity index (χ0v) is 9.54. The fourth-order valence-corrected chi connectivity index (χ4v) is 2.29. The van der Waals surface area contributed by atoms with Gasteiger partial charge >= 0.3 is 0 Å². The van der Waals surface area contributed by atoms with Gasteiger partial charge in [-0.3, -0.25) is 0 Å². The van der Waals surface area contributed by atoms with Crippen LogP contribution in [-0.4, -0.2) is 17.8 Å². The lowest BCUT2D eigenvalue weighted by atomic mass is 9.87. The molecule has 2 atom stereocenters. The lowest BCUT2D eigenvalue weighted by Crippen LogP contribution is -2.31. The van der Waals surface area contributed by atoms with Gasteiger partial charge in [0.2, 0.25) is 0 Å². The monoisotopic (exact) mass is 223 g/mol. The molecule has 0 aliphatic heterocycles. The molecule has 1 aliphatic carbocycles. The number of hydrogen-bond donors (Lipinski definition) is 2. The Morgan fingerprint density at radius 1 is 1.56 bits per heavy atom. The molecule has 2 unspecified atom stereocenters. The van der Waals surface area contributed by atoms with Crippen LogP contribution in [0.2, 0.25) is 0 Å². The first-order valence-electron chi connectivity index (χ1n) is 5.86. The summed E-state index contributed by atoms with van der Waals surface area (Å²) in [6, 6.07) is 5.21. The fraction of sp³-hybridized carbons (Fsp3) is 0.538. The summed E-state index contributed by atoms with van der Waals surface area (Å²) in [5, 5.41) is 12.5. The van der Waals surface area contributed by atoms with E-state index < -0.39 is 0 Å². The van der Waals surface area contributed by atoms with E-state index in [-0.39, 0.29) is 18.0 Å². The van der Waals surface area contributed by atoms with Gasteiger partial charge in [-0.05, 0) is 49.4 Å². The van der Waals surface area contributed by atoms with Crippen LogP contribution in [0.3, 0.4) is 0 Å². The maximum atomic E-state index is 13.2. The highest BCUT2D eigenvalue weighted by Crippen LogP contribution is 2.30. The van der Waals surface area contributed by atoms with Gasteiger partial charge in [-0.2, -0.15) is 0 Å². The molecule has 3 heteroatoms. The average molecular weight is 223 g/mol. The largest absolute Gasteiger partial charge is 0.392 e. The maximum Gasteiger partial charge on any atom is 0.123 e. The summed E-state index contributed by atoms with van der Waals surface area (Å²) in [4.78, 5) is 0. The molecule has 0 aromatic heterocycles. The number of rotatable bonds is 3. The quantitative estimate of drug-likeness (QED) is 0.823. The van der Waals surface area contributed by atoms with Gasteiger partial charge in [-0.15, -0.1) is 0 Å². The second-order valence-corrected chi connectivity index (χ2v) is 4.55. The van der Waals surface area contributed by atoms with Gasteiger partial charge < -0.3 is 10.4 Å². The van der Waals surface area contributed by atoms with Crippen molar-refractivity contribution in [3.63, 3.8) is 0 Å². The summed E-state index contributed by atoms with van der Waals surface area (Å²) in [6.45, 7) is 2.31. The molecule has 0 spiro atoms. The van der Waals surface area contributed by atoms with Gasteiger partial charge in [0.15, 0.2) is 0 Å². The van der Waals surface area contributed by atoms with E-state index in [0.29, 0.717) is 6.54 Å². The first-order valence-corrected chi connectivity index (χ1v) is 5.86. The molecule has 0 heterocycles. The molecule has 0 amide bonds. The van der Waals surface area contributed by atoms with Gasteiger partial charge in [0.05, 0.1) is 6.10 Å². The number of aliphatic hydroxyl groups is 1. The molecule has 0 fully saturated rings. The van der Waals surface area contributed by atoms with Crippen LogP contribution >= 0.6 is 0 Å². The smallest absolute Gasteiger partial charge is 0.123 e. The molecular formula is C13H18FNO. The van der Waals surface area contributed by atoms with E-state index in [9.17, 15) is 9.50 Å². The minimum atomic E-state index is -0.362. The average Bonchev–Trinajstić information content (AvgIpc) is 2.26. The van der Waals surface area contributed by atoms with Crippen molar-refractivity contribution >= 4 is 0 Å². The number of nitrogens with one attached hydrogen (secondary N) is 1. The standard InChI is InChI=1S/C13H18FNO/c1-9(16)8-15-13-4-2-3-10-5-6-11(14)7-12(10)13/h5-7,9,13,15-16H,2-4,8H2,1H3. The lowest BCUT2D eigenvalue weighted by Gasteiger charge is -2.27. The highest BCUT2D eigenvalue weighted by molar-refractivity contribution is 5.32. The third-order valence-electron chi connectivity index (χ3n) is 3.08. The van der Waals surface area contributed by atoms with Crippen LogP contribution in [0.1, 0.15) is 36.9 Å². The minimum Gasteiger partial charge on any atom is -0.392 e. The van der Waals surface area contributed by atoms with Crippen molar-refractivity contribution in [1.29, 1.82) is 0 Å². The minimum absolute atomic E-state index is 0.176. The molecule has 16 heavy (non-hydrogen) atoms. The van der Waals surface area contributed by atoms with Gasteiger partial charge in [0, 0.05) is 12.6 Å². The summed E-state index contributed by atoms with van der Waals surface area (Å²) in [7, 11) is 0. The molecule has 0 saturated heterocycles. The summed E-state index contributed by atoms with van der Waals surface area (Å²) in [5.74, 6) is -0.176. The summed E-state index contributed by atoms with van der Waals surface area (Å²) in [6.07, 6.45) is 2.81. The SMILES string of the molecule is CC(O)CNC1CCCc2ccc(F)cc21. The second-order valence-electron chi connectivity index (χ2n) is 4.55. The zero-order chi connectivity index (χ0) is 11.5. The topological polar surface area (TPSA) is 32.3 Å². The lowest BCUT2D eigenvalue weighted by molar-refractivity contribution is 0.184. The number of aryl methyl sites for hydroxylation is 1. The molecule has 0 saturated carbocycles. The van der Waals surface area contributed by atoms with Gasteiger partial charge in [-0.1, -0.05) is 6.07 Å². The van der Waals surface area contributed by atoms with Crippen LogP contribution in [0.4, 0.5) is 4.39 Å². The highest BCUT2D eigenvalue weighted by atomic mass is 19.1. The Morgan fingerprint density at radius 2 is 2.38 bits per heavy atom. The summed E-state index contributed by atoms with van der Waals surface area (Å²) >= 11 is 0. The molecule has 2 rings (SSSR count). The highest BCUT2D eigenvalue weighted by Gasteiger charge is 2.20. The number of benzene rings is 1. The van der Waals surface area contributed by atoms with Gasteiger partial charge in [-0.25, -0.2) is 4.39 Å². The van der Waals surface area contributed by atoms with Gasteiger partial charge in [0.1, 0.15) is 5.82 Å². The van der Waals surface area contributed by atoms with Crippen molar-refractivity contribution in [2.45, 2.75) is 38.3 Å². The molecule has 0 radical (unpaired) electrons. The molecular weight excluding hydrogens is 205 g/mol. The number of hydrogen-bond acceptors (Lipinski definition) is 2. The van der Waals surface area contributed by atoms with Crippen molar-refractivity contribution in [2.75, 3.05) is 6.54 Å². The molecule has 2 nitrogen and oxygen atoms in total. The Hall–Kier alpha value is -0.930. The van der Waals surface area contributed by atoms with E-state index in [0.717, 1.165) is 24.8 Å². The Balaban J connectivity index is 2.15. The number of fused-ring (bicyclic) bond motifs is 1. The number of aliphatic hydroxyl groups excluding tert-OH is 1. The predicted octanol–water partition coefficient (Wildman–Crippen LogP) is 2.17. The van der Waals surface area contributed by atoms with Crippen molar-refractivity contribution in [3.8, 4) is 0 Å². The third-order valence-corrected chi connectivity index (χ3v) is 3.08. The molecule has 2 N–H and O–H groups in total. The van der Waals surface area contributed by atoms with Gasteiger partial charge in [0.25, 0.3) is 0 Å². The molecule has 1 aliphatic rings. The van der Waals surface area contributed by atoms with Crippen LogP contribution in [0, 0.1) is 5.82 Å². The Bertz CT molecular complexity index is 365. The van der Waals surface area contributed by atoms with Crippen molar-refractivity contribution in [3.05, 3.63) is 35.1 Å². The molecule has 0 bridgehead atoms. The predicted molar refractivity (Wildman–Crippen MR) is 61.8 cm³/mol. The van der Waals surface area contributed by atoms with Crippen LogP contribution < -0.4 is 5.32 Å². The van der Waals surface area contributed by atoms with E-state index in [4.69, 9.17) is 0 Å². The molecule has 1 aromatic rings. The van der Waals surface area contributed by atoms with E-state index in [1.807, 2.05) is 6.07 Å². The Morgan fingerprint density at radius 3 is 3.12 bits per heavy atom. The summed E-state index contributed by atoms with van der Waals surface area (Å²) < 4.78 is 13.2. The first kappa shape index (κ1) is 11.6. The molecule has 88 valence electrons. The van der Waals surface area contributed by atoms with Crippen LogP contribution in [0.15, 0.2) is 18.2 Å². The van der Waals surface area contributed by atoms with E-state index in [1.54, 1.807) is 13.0 Å². The zero-order valence-electron chi connectivity index (χ0n) is 9.54. The van der Waals surface area contributed by atoms with Crippen LogP contribution in [0.25, 0.3) is 0 Å². The van der Waals surface area contributed by atoms with Crippen LogP contribution in [-0.2, 0) is 6.42 Å². The fourth-order valence-electron chi connectivity index (χ4n) is 2.29. The Labute approximate surface area is 95.5 Å². The number of halogens is 1. The first-order chi connectivity index (χ1) is 7.66. The van der Waals surface area contributed by atoms with E-state index >= 15 is 0 Å². The Kier molecular flexibility index (Phi) is 3.56. The van der Waals surface area contributed by atoms with Crippen molar-refractivity contribution in [2.24, 2.45) is 0 Å².